The first-order valence-corrected chi connectivity index (χ1v) is 20.8. The fourth-order valence-corrected chi connectivity index (χ4v) is 6.77. The van der Waals surface area contributed by atoms with Crippen molar-refractivity contribution in [2.45, 2.75) is 58.3 Å². The highest BCUT2D eigenvalue weighted by molar-refractivity contribution is 7.92. The number of nitrogens with zero attached hydrogens (tertiary/aromatic N) is 1. The zero-order chi connectivity index (χ0) is 42.7. The predicted octanol–water partition coefficient (Wildman–Crippen LogP) is 8.87. The number of pyridine rings is 1. The number of sulfonamides is 1. The number of carboxylic acids is 1. The molecule has 0 aliphatic carbocycles. The van der Waals surface area contributed by atoms with Gasteiger partial charge in [-0.3, -0.25) is 14.3 Å². The number of fused-ring (bicyclic) bond motifs is 1. The van der Waals surface area contributed by atoms with Gasteiger partial charge >= 0.3 is 12.0 Å². The molecule has 0 atom stereocenters. The third-order valence-electron chi connectivity index (χ3n) is 9.12. The summed E-state index contributed by atoms with van der Waals surface area (Å²) in [4.78, 5) is 41.5. The number of hydrogen-bond donors (Lipinski definition) is 6. The van der Waals surface area contributed by atoms with Crippen LogP contribution in [0, 0.1) is 0 Å². The summed E-state index contributed by atoms with van der Waals surface area (Å²) in [5.74, 6) is 0.950. The molecule has 0 bridgehead atoms. The molecule has 4 aromatic carbocycles. The molecule has 1 aromatic heterocycles. The minimum absolute atomic E-state index is 0.148. The van der Waals surface area contributed by atoms with Gasteiger partial charge in [-0.2, -0.15) is 0 Å². The average molecular weight is 827 g/mol. The Balaban J connectivity index is 1.28. The van der Waals surface area contributed by atoms with Crippen LogP contribution < -0.4 is 40.2 Å². The fraction of sp³-hybridized carbons (Fsp3) is 0.302. The Labute approximate surface area is 343 Å². The van der Waals surface area contributed by atoms with E-state index in [1.807, 2.05) is 45.0 Å². The van der Waals surface area contributed by atoms with Crippen LogP contribution in [0.5, 0.6) is 23.0 Å². The molecule has 0 fully saturated rings. The molecule has 0 spiro atoms. The lowest BCUT2D eigenvalue weighted by Crippen LogP contribution is -2.25. The van der Waals surface area contributed by atoms with Crippen LogP contribution in [0.25, 0.3) is 10.8 Å². The monoisotopic (exact) mass is 826 g/mol. The number of benzene rings is 4. The second-order valence-electron chi connectivity index (χ2n) is 14.8. The predicted molar refractivity (Wildman–Crippen MR) is 230 cm³/mol. The number of anilines is 5. The van der Waals surface area contributed by atoms with Crippen LogP contribution in [0.1, 0.15) is 68.8 Å². The maximum Gasteiger partial charge on any atom is 0.323 e. The van der Waals surface area contributed by atoms with Crippen molar-refractivity contribution in [3.8, 4) is 23.0 Å². The van der Waals surface area contributed by atoms with Gasteiger partial charge in [-0.05, 0) is 66.3 Å². The summed E-state index contributed by atoms with van der Waals surface area (Å²) < 4.78 is 44.2. The topological polar surface area (TPSA) is 206 Å². The molecule has 0 radical (unpaired) electrons. The van der Waals surface area contributed by atoms with Gasteiger partial charge < -0.3 is 40.6 Å². The molecule has 0 saturated heterocycles. The van der Waals surface area contributed by atoms with E-state index in [4.69, 9.17) is 19.3 Å². The lowest BCUT2D eigenvalue weighted by atomic mass is 9.86. The van der Waals surface area contributed by atoms with E-state index in [0.717, 1.165) is 36.5 Å². The molecule has 0 aliphatic rings. The molecule has 0 unspecified atom stereocenters. The normalized spacial score (nSPS) is 11.4. The van der Waals surface area contributed by atoms with Crippen LogP contribution in [-0.2, 0) is 20.2 Å². The number of urea groups is 1. The van der Waals surface area contributed by atoms with Crippen LogP contribution in [-0.4, -0.2) is 63.4 Å². The van der Waals surface area contributed by atoms with Crippen LogP contribution in [0.3, 0.4) is 0 Å². The Morgan fingerprint density at radius 3 is 2.19 bits per heavy atom. The smallest absolute Gasteiger partial charge is 0.323 e. The van der Waals surface area contributed by atoms with Gasteiger partial charge in [0.25, 0.3) is 5.91 Å². The maximum atomic E-state index is 13.5. The standard InChI is InChI=1S/C43H50N6O9S/c1-43(2,3)27-23-34(40(57-5)35(24-27)49-59(6,54)55)48-42(53)47-33-18-19-36(31-14-11-10-13-30(31)33)58-29-20-22-44-38(26-29)46-28-16-17-32(37(25-28)56-4)41(52)45-21-12-8-7-9-15-39(50)51/h10-11,13-14,16-20,22-26,49H,7-9,12,15,21H2,1-6H3,(H,44,46)(H,45,52)(H,50,51)(H2,47,48,53). The second-order valence-corrected chi connectivity index (χ2v) is 16.5. The number of unbranched alkanes of at least 4 members (excludes halogenated alkanes) is 3. The lowest BCUT2D eigenvalue weighted by Gasteiger charge is -2.24. The Kier molecular flexibility index (Phi) is 14.2. The molecule has 3 amide bonds. The summed E-state index contributed by atoms with van der Waals surface area (Å²) in [6.07, 6.45) is 5.76. The van der Waals surface area contributed by atoms with E-state index in [1.165, 1.54) is 14.2 Å². The zero-order valence-electron chi connectivity index (χ0n) is 33.9. The Hall–Kier alpha value is -6.55. The lowest BCUT2D eigenvalue weighted by molar-refractivity contribution is -0.137. The third-order valence-corrected chi connectivity index (χ3v) is 9.71. The van der Waals surface area contributed by atoms with E-state index in [9.17, 15) is 22.8 Å². The first-order chi connectivity index (χ1) is 28.0. The summed E-state index contributed by atoms with van der Waals surface area (Å²) in [5.41, 5.74) is 2.39. The van der Waals surface area contributed by atoms with E-state index < -0.39 is 22.0 Å². The molecule has 6 N–H and O–H groups in total. The van der Waals surface area contributed by atoms with Crippen molar-refractivity contribution >= 4 is 67.3 Å². The number of amides is 3. The van der Waals surface area contributed by atoms with E-state index >= 15 is 0 Å². The van der Waals surface area contributed by atoms with Crippen molar-refractivity contribution in [2.24, 2.45) is 0 Å². The highest BCUT2D eigenvalue weighted by Crippen LogP contribution is 2.40. The van der Waals surface area contributed by atoms with Crippen LogP contribution in [0.2, 0.25) is 0 Å². The molecular formula is C43H50N6O9S. The van der Waals surface area contributed by atoms with E-state index in [2.05, 4.69) is 31.0 Å². The summed E-state index contributed by atoms with van der Waals surface area (Å²) >= 11 is 0. The maximum absolute atomic E-state index is 13.5. The SMILES string of the molecule is COc1cc(Nc2cc(Oc3ccc(NC(=O)Nc4cc(C(C)(C)C)cc(NS(C)(=O)=O)c4OC)c4ccccc34)ccn2)ccc1C(=O)NCCCCCCC(=O)O. The number of aliphatic carboxylic acids is 1. The number of methoxy groups -OCH3 is 2. The quantitative estimate of drug-likeness (QED) is 0.0460. The summed E-state index contributed by atoms with van der Waals surface area (Å²) in [5, 5.41) is 22.1. The van der Waals surface area contributed by atoms with E-state index in [0.29, 0.717) is 58.4 Å². The Morgan fingerprint density at radius 2 is 1.49 bits per heavy atom. The van der Waals surface area contributed by atoms with E-state index in [1.54, 1.807) is 60.8 Å². The molecule has 0 aliphatic heterocycles. The van der Waals surface area contributed by atoms with Crippen LogP contribution in [0.4, 0.5) is 33.4 Å². The molecule has 1 heterocycles. The number of ether oxygens (including phenoxy) is 3. The van der Waals surface area contributed by atoms with Gasteiger partial charge in [0.05, 0.1) is 43.1 Å². The first kappa shape index (κ1) is 43.6. The minimum atomic E-state index is -3.65. The highest BCUT2D eigenvalue weighted by Gasteiger charge is 2.23. The Morgan fingerprint density at radius 1 is 0.780 bits per heavy atom. The molecule has 0 saturated carbocycles. The number of hydrogen-bond acceptors (Lipinski definition) is 10. The van der Waals surface area contributed by atoms with Crippen LogP contribution in [0.15, 0.2) is 85.1 Å². The van der Waals surface area contributed by atoms with Gasteiger partial charge in [0.1, 0.15) is 23.1 Å². The van der Waals surface area contributed by atoms with Crippen molar-refractivity contribution < 1.29 is 42.1 Å². The molecule has 16 heteroatoms. The molecule has 15 nitrogen and oxygen atoms in total. The molecule has 5 aromatic rings. The summed E-state index contributed by atoms with van der Waals surface area (Å²) in [7, 11) is -0.765. The summed E-state index contributed by atoms with van der Waals surface area (Å²) in [6, 6.07) is 22.3. The number of carbonyl (C=O) groups is 3. The first-order valence-electron chi connectivity index (χ1n) is 18.9. The minimum Gasteiger partial charge on any atom is -0.496 e. The molecule has 5 rings (SSSR count). The van der Waals surface area contributed by atoms with Gasteiger partial charge in [-0.25, -0.2) is 18.2 Å². The number of carboxylic acid groups (broad SMARTS) is 1. The van der Waals surface area contributed by atoms with Gasteiger partial charge in [0.2, 0.25) is 10.0 Å². The van der Waals surface area contributed by atoms with Crippen molar-refractivity contribution in [1.82, 2.24) is 10.3 Å². The van der Waals surface area contributed by atoms with Crippen molar-refractivity contribution in [1.29, 1.82) is 0 Å². The number of carbonyl (C=O) groups excluding carboxylic acids is 2. The Bertz CT molecular complexity index is 2430. The number of rotatable bonds is 18. The molecule has 59 heavy (non-hydrogen) atoms. The zero-order valence-corrected chi connectivity index (χ0v) is 34.7. The van der Waals surface area contributed by atoms with Gasteiger partial charge in [-0.1, -0.05) is 57.9 Å². The third kappa shape index (κ3) is 12.2. The molecular weight excluding hydrogens is 777 g/mol. The van der Waals surface area contributed by atoms with Crippen LogP contribution >= 0.6 is 0 Å². The highest BCUT2D eigenvalue weighted by atomic mass is 32.2. The fourth-order valence-electron chi connectivity index (χ4n) is 6.22. The number of aromatic nitrogens is 1. The number of nitrogens with one attached hydrogen (secondary N) is 5. The van der Waals surface area contributed by atoms with Gasteiger partial charge in [0.15, 0.2) is 5.75 Å². The van der Waals surface area contributed by atoms with Gasteiger partial charge in [0, 0.05) is 47.8 Å². The average Bonchev–Trinajstić information content (AvgIpc) is 3.17. The van der Waals surface area contributed by atoms with Crippen molar-refractivity contribution in [3.05, 3.63) is 96.2 Å². The van der Waals surface area contributed by atoms with Crippen molar-refractivity contribution in [3.63, 3.8) is 0 Å². The summed E-state index contributed by atoms with van der Waals surface area (Å²) in [6.45, 7) is 6.39. The molecule has 312 valence electrons. The largest absolute Gasteiger partial charge is 0.496 e. The van der Waals surface area contributed by atoms with E-state index in [-0.39, 0.29) is 34.9 Å². The van der Waals surface area contributed by atoms with Gasteiger partial charge in [-0.15, -0.1) is 0 Å². The van der Waals surface area contributed by atoms with Crippen molar-refractivity contribution in [2.75, 3.05) is 47.7 Å². The second kappa shape index (κ2) is 19.3.